The van der Waals surface area contributed by atoms with E-state index in [9.17, 15) is 9.90 Å². The van der Waals surface area contributed by atoms with Crippen LogP contribution in [0.25, 0.3) is 11.0 Å². The molecule has 0 radical (unpaired) electrons. The first-order chi connectivity index (χ1) is 8.08. The number of hydrogen-bond acceptors (Lipinski definition) is 2. The first-order valence-electron chi connectivity index (χ1n) is 5.85. The molecule has 1 aliphatic carbocycles. The van der Waals surface area contributed by atoms with Crippen LogP contribution in [0.3, 0.4) is 0 Å². The van der Waals surface area contributed by atoms with Gasteiger partial charge in [-0.3, -0.25) is 0 Å². The van der Waals surface area contributed by atoms with E-state index in [0.717, 1.165) is 40.5 Å². The lowest BCUT2D eigenvalue weighted by Crippen LogP contribution is -1.97. The summed E-state index contributed by atoms with van der Waals surface area (Å²) in [7, 11) is 0. The maximum Gasteiger partial charge on any atom is 0.372 e. The fraction of sp³-hybridized carbons (Fsp3) is 0.357. The van der Waals surface area contributed by atoms with Crippen LogP contribution in [0.2, 0.25) is 0 Å². The Morgan fingerprint density at radius 2 is 2.06 bits per heavy atom. The summed E-state index contributed by atoms with van der Waals surface area (Å²) in [5.41, 5.74) is 3.79. The van der Waals surface area contributed by atoms with Gasteiger partial charge in [-0.05, 0) is 49.8 Å². The molecule has 0 bridgehead atoms. The zero-order valence-electron chi connectivity index (χ0n) is 9.91. The maximum absolute atomic E-state index is 11.2. The van der Waals surface area contributed by atoms with E-state index in [1.54, 1.807) is 0 Å². The Bertz CT molecular complexity index is 618. The molecular weight excluding hydrogens is 216 g/mol. The van der Waals surface area contributed by atoms with Crippen molar-refractivity contribution < 1.29 is 14.3 Å². The van der Waals surface area contributed by atoms with Gasteiger partial charge in [0.15, 0.2) is 0 Å². The van der Waals surface area contributed by atoms with Crippen LogP contribution in [0.5, 0.6) is 0 Å². The highest BCUT2D eigenvalue weighted by atomic mass is 16.4. The maximum atomic E-state index is 11.2. The predicted octanol–water partition coefficient (Wildman–Crippen LogP) is 3.63. The highest BCUT2D eigenvalue weighted by Crippen LogP contribution is 2.46. The molecule has 88 valence electrons. The normalized spacial score (nSPS) is 15.4. The van der Waals surface area contributed by atoms with Crippen LogP contribution < -0.4 is 0 Å². The highest BCUT2D eigenvalue weighted by Gasteiger charge is 2.33. The molecule has 17 heavy (non-hydrogen) atoms. The summed E-state index contributed by atoms with van der Waals surface area (Å²) in [6.07, 6.45) is 2.14. The monoisotopic (exact) mass is 230 g/mol. The van der Waals surface area contributed by atoms with Crippen molar-refractivity contribution in [3.63, 3.8) is 0 Å². The van der Waals surface area contributed by atoms with Gasteiger partial charge in [0, 0.05) is 10.9 Å². The average Bonchev–Trinajstić information content (AvgIpc) is 2.99. The average molecular weight is 230 g/mol. The van der Waals surface area contributed by atoms with Crippen molar-refractivity contribution in [2.45, 2.75) is 32.6 Å². The van der Waals surface area contributed by atoms with Gasteiger partial charge in [-0.2, -0.15) is 0 Å². The molecule has 0 amide bonds. The summed E-state index contributed by atoms with van der Waals surface area (Å²) >= 11 is 0. The van der Waals surface area contributed by atoms with Crippen LogP contribution in [0.1, 0.15) is 46.0 Å². The lowest BCUT2D eigenvalue weighted by atomic mass is 10.0. The summed E-state index contributed by atoms with van der Waals surface area (Å²) in [4.78, 5) is 11.2. The molecule has 3 nitrogen and oxygen atoms in total. The summed E-state index contributed by atoms with van der Waals surface area (Å²) in [6.45, 7) is 3.98. The molecule has 0 aliphatic heterocycles. The minimum Gasteiger partial charge on any atom is -0.475 e. The second-order valence-corrected chi connectivity index (χ2v) is 4.88. The van der Waals surface area contributed by atoms with Gasteiger partial charge in [-0.1, -0.05) is 6.07 Å². The second-order valence-electron chi connectivity index (χ2n) is 4.88. The fourth-order valence-electron chi connectivity index (χ4n) is 2.51. The van der Waals surface area contributed by atoms with E-state index in [2.05, 4.69) is 0 Å². The Kier molecular flexibility index (Phi) is 2.05. The topological polar surface area (TPSA) is 50.4 Å². The molecule has 1 N–H and O–H groups in total. The first kappa shape index (κ1) is 10.4. The molecule has 1 fully saturated rings. The van der Waals surface area contributed by atoms with Crippen molar-refractivity contribution >= 4 is 16.9 Å². The van der Waals surface area contributed by atoms with Gasteiger partial charge in [0.1, 0.15) is 5.58 Å². The van der Waals surface area contributed by atoms with Gasteiger partial charge in [0.25, 0.3) is 0 Å². The number of rotatable bonds is 2. The Morgan fingerprint density at radius 3 is 2.65 bits per heavy atom. The Hall–Kier alpha value is -1.77. The molecule has 3 heteroatoms. The van der Waals surface area contributed by atoms with E-state index in [1.165, 1.54) is 0 Å². The van der Waals surface area contributed by atoms with Gasteiger partial charge in [0.2, 0.25) is 5.76 Å². The molecule has 1 aliphatic rings. The number of benzene rings is 1. The molecule has 3 rings (SSSR count). The first-order valence-corrected chi connectivity index (χ1v) is 5.85. The quantitative estimate of drug-likeness (QED) is 0.857. The van der Waals surface area contributed by atoms with Crippen molar-refractivity contribution in [2.75, 3.05) is 0 Å². The molecule has 1 aromatic carbocycles. The molecule has 1 saturated carbocycles. The Balaban J connectivity index is 2.38. The second kappa shape index (κ2) is 3.36. The molecule has 1 heterocycles. The standard InChI is InChI=1S/C14H14O3/c1-7-5-8(2)12-10(6-7)11(9-3-4-9)13(17-12)14(15)16/h5-6,9H,3-4H2,1-2H3,(H,15,16). The lowest BCUT2D eigenvalue weighted by Gasteiger charge is -1.99. The molecule has 0 saturated heterocycles. The summed E-state index contributed by atoms with van der Waals surface area (Å²) in [6, 6.07) is 4.06. The zero-order valence-corrected chi connectivity index (χ0v) is 9.91. The summed E-state index contributed by atoms with van der Waals surface area (Å²) in [5.74, 6) is -0.445. The molecule has 1 aromatic heterocycles. The van der Waals surface area contributed by atoms with Gasteiger partial charge < -0.3 is 9.52 Å². The van der Waals surface area contributed by atoms with Gasteiger partial charge >= 0.3 is 5.97 Å². The minimum absolute atomic E-state index is 0.135. The number of fused-ring (bicyclic) bond motifs is 1. The molecule has 0 unspecified atom stereocenters. The Labute approximate surface area is 99.0 Å². The van der Waals surface area contributed by atoms with Gasteiger partial charge in [-0.15, -0.1) is 0 Å². The largest absolute Gasteiger partial charge is 0.475 e. The van der Waals surface area contributed by atoms with E-state index in [1.807, 2.05) is 26.0 Å². The summed E-state index contributed by atoms with van der Waals surface area (Å²) < 4.78 is 5.55. The van der Waals surface area contributed by atoms with Crippen LogP contribution in [-0.4, -0.2) is 11.1 Å². The fourth-order valence-corrected chi connectivity index (χ4v) is 2.51. The molecule has 0 spiro atoms. The van der Waals surface area contributed by atoms with Gasteiger partial charge in [-0.25, -0.2) is 4.79 Å². The number of carboxylic acid groups (broad SMARTS) is 1. The summed E-state index contributed by atoms with van der Waals surface area (Å²) in [5, 5.41) is 10.2. The van der Waals surface area contributed by atoms with Crippen LogP contribution in [-0.2, 0) is 0 Å². The van der Waals surface area contributed by atoms with E-state index < -0.39 is 5.97 Å². The third-order valence-corrected chi connectivity index (χ3v) is 3.34. The van der Waals surface area contributed by atoms with Crippen molar-refractivity contribution in [3.8, 4) is 0 Å². The van der Waals surface area contributed by atoms with Crippen molar-refractivity contribution in [3.05, 3.63) is 34.6 Å². The van der Waals surface area contributed by atoms with E-state index >= 15 is 0 Å². The lowest BCUT2D eigenvalue weighted by molar-refractivity contribution is 0.0663. The van der Waals surface area contributed by atoms with E-state index in [0.29, 0.717) is 5.92 Å². The van der Waals surface area contributed by atoms with Gasteiger partial charge in [0.05, 0.1) is 0 Å². The Morgan fingerprint density at radius 1 is 1.35 bits per heavy atom. The van der Waals surface area contributed by atoms with Crippen molar-refractivity contribution in [1.82, 2.24) is 0 Å². The predicted molar refractivity (Wildman–Crippen MR) is 64.6 cm³/mol. The molecule has 2 aromatic rings. The number of hydrogen-bond donors (Lipinski definition) is 1. The van der Waals surface area contributed by atoms with Crippen LogP contribution in [0.4, 0.5) is 0 Å². The third kappa shape index (κ3) is 1.54. The SMILES string of the molecule is Cc1cc(C)c2oc(C(=O)O)c(C3CC3)c2c1. The molecular formula is C14H14O3. The van der Waals surface area contributed by atoms with Crippen LogP contribution in [0.15, 0.2) is 16.5 Å². The third-order valence-electron chi connectivity index (χ3n) is 3.34. The number of carbonyl (C=O) groups is 1. The van der Waals surface area contributed by atoms with Crippen molar-refractivity contribution in [1.29, 1.82) is 0 Å². The van der Waals surface area contributed by atoms with E-state index in [4.69, 9.17) is 4.42 Å². The number of aryl methyl sites for hydroxylation is 2. The van der Waals surface area contributed by atoms with Crippen LogP contribution in [0, 0.1) is 13.8 Å². The zero-order chi connectivity index (χ0) is 12.2. The minimum atomic E-state index is -0.958. The smallest absolute Gasteiger partial charge is 0.372 e. The highest BCUT2D eigenvalue weighted by molar-refractivity contribution is 5.97. The number of furan rings is 1. The number of carboxylic acids is 1. The molecule has 0 atom stereocenters. The number of aromatic carboxylic acids is 1. The van der Waals surface area contributed by atoms with Crippen molar-refractivity contribution in [2.24, 2.45) is 0 Å². The van der Waals surface area contributed by atoms with E-state index in [-0.39, 0.29) is 5.76 Å². The van der Waals surface area contributed by atoms with Crippen LogP contribution >= 0.6 is 0 Å².